The van der Waals surface area contributed by atoms with Gasteiger partial charge in [-0.15, -0.1) is 10.2 Å². The van der Waals surface area contributed by atoms with Gasteiger partial charge in [0.15, 0.2) is 5.65 Å². The molecule has 3 fully saturated rings. The van der Waals surface area contributed by atoms with Gasteiger partial charge in [0.05, 0.1) is 0 Å². The van der Waals surface area contributed by atoms with Crippen molar-refractivity contribution in [2.75, 3.05) is 26.2 Å². The number of rotatable bonds is 6. The molecule has 0 bridgehead atoms. The van der Waals surface area contributed by atoms with Crippen LogP contribution >= 0.6 is 0 Å². The van der Waals surface area contributed by atoms with Gasteiger partial charge in [-0.3, -0.25) is 14.1 Å². The summed E-state index contributed by atoms with van der Waals surface area (Å²) < 4.78 is 2.09. The second-order valence-corrected chi connectivity index (χ2v) is 9.11. The fourth-order valence-corrected chi connectivity index (χ4v) is 5.24. The number of pyridine rings is 1. The average Bonchev–Trinajstić information content (AvgIpc) is 3.35. The molecule has 5 rings (SSSR count). The highest BCUT2D eigenvalue weighted by atomic mass is 16.2. The van der Waals surface area contributed by atoms with E-state index in [1.54, 1.807) is 0 Å². The maximum absolute atomic E-state index is 13.0. The Morgan fingerprint density at radius 1 is 1.03 bits per heavy atom. The largest absolute Gasteiger partial charge is 0.343 e. The highest BCUT2D eigenvalue weighted by molar-refractivity contribution is 5.77. The molecule has 3 aliphatic rings. The minimum absolute atomic E-state index is 0.318. The van der Waals surface area contributed by atoms with E-state index < -0.39 is 0 Å². The lowest BCUT2D eigenvalue weighted by Crippen LogP contribution is -2.45. The van der Waals surface area contributed by atoms with Gasteiger partial charge in [-0.1, -0.05) is 6.07 Å². The normalized spacial score (nSPS) is 26.4. The van der Waals surface area contributed by atoms with E-state index in [9.17, 15) is 4.79 Å². The first kappa shape index (κ1) is 19.0. The summed E-state index contributed by atoms with van der Waals surface area (Å²) in [6.45, 7) is 3.50. The van der Waals surface area contributed by atoms with Gasteiger partial charge < -0.3 is 10.6 Å². The van der Waals surface area contributed by atoms with Crippen LogP contribution in [0.2, 0.25) is 0 Å². The van der Waals surface area contributed by atoms with Crippen LogP contribution in [-0.4, -0.2) is 68.6 Å². The van der Waals surface area contributed by atoms with Crippen LogP contribution in [-0.2, 0) is 4.79 Å². The SMILES string of the molecule is NC[C@H]1CC[C@@H](CC(=O)N2CCC(c3nnc4ccccn34)CC2)N1CC1CC1. The molecule has 4 heterocycles. The fourth-order valence-electron chi connectivity index (χ4n) is 5.24. The minimum Gasteiger partial charge on any atom is -0.343 e. The second-order valence-electron chi connectivity index (χ2n) is 9.11. The van der Waals surface area contributed by atoms with Crippen molar-refractivity contribution < 1.29 is 4.79 Å². The Labute approximate surface area is 172 Å². The molecule has 0 radical (unpaired) electrons. The molecule has 0 aromatic carbocycles. The van der Waals surface area contributed by atoms with E-state index in [0.29, 0.717) is 30.3 Å². The van der Waals surface area contributed by atoms with Gasteiger partial charge in [0.25, 0.3) is 0 Å². The van der Waals surface area contributed by atoms with Crippen LogP contribution in [0.15, 0.2) is 24.4 Å². The van der Waals surface area contributed by atoms with Gasteiger partial charge in [0.2, 0.25) is 5.91 Å². The lowest BCUT2D eigenvalue weighted by atomic mass is 9.95. The van der Waals surface area contributed by atoms with Crippen LogP contribution in [0.5, 0.6) is 0 Å². The Kier molecular flexibility index (Phi) is 5.26. The summed E-state index contributed by atoms with van der Waals surface area (Å²) in [5.41, 5.74) is 6.90. The molecule has 0 spiro atoms. The zero-order chi connectivity index (χ0) is 19.8. The van der Waals surface area contributed by atoms with E-state index in [1.807, 2.05) is 24.4 Å². The molecule has 1 amide bonds. The molecule has 0 unspecified atom stereocenters. The fraction of sp³-hybridized carbons (Fsp3) is 0.682. The second kappa shape index (κ2) is 8.03. The number of hydrogen-bond acceptors (Lipinski definition) is 5. The lowest BCUT2D eigenvalue weighted by molar-refractivity contribution is -0.133. The molecule has 2 saturated heterocycles. The quantitative estimate of drug-likeness (QED) is 0.808. The molecular weight excluding hydrogens is 364 g/mol. The van der Waals surface area contributed by atoms with Gasteiger partial charge >= 0.3 is 0 Å². The lowest BCUT2D eigenvalue weighted by Gasteiger charge is -2.34. The first-order chi connectivity index (χ1) is 14.2. The van der Waals surface area contributed by atoms with Crippen molar-refractivity contribution >= 4 is 11.6 Å². The van der Waals surface area contributed by atoms with Crippen LogP contribution in [0.3, 0.4) is 0 Å². The molecule has 29 heavy (non-hydrogen) atoms. The first-order valence-corrected chi connectivity index (χ1v) is 11.3. The number of likely N-dealkylation sites (tertiary alicyclic amines) is 2. The number of amides is 1. The highest BCUT2D eigenvalue weighted by Crippen LogP contribution is 2.35. The monoisotopic (exact) mass is 396 g/mol. The standard InChI is InChI=1S/C22H32N6O/c23-14-19-7-6-18(28(19)15-16-4-5-16)13-21(29)26-11-8-17(9-12-26)22-25-24-20-3-1-2-10-27(20)22/h1-3,10,16-19H,4-9,11-15,23H2/t18-,19+/m0/s1. The Morgan fingerprint density at radius 3 is 2.59 bits per heavy atom. The van der Waals surface area contributed by atoms with E-state index in [2.05, 4.69) is 24.4 Å². The van der Waals surface area contributed by atoms with Crippen molar-refractivity contribution in [2.24, 2.45) is 11.7 Å². The van der Waals surface area contributed by atoms with Gasteiger partial charge in [-0.05, 0) is 56.6 Å². The van der Waals surface area contributed by atoms with Crippen LogP contribution < -0.4 is 5.73 Å². The zero-order valence-electron chi connectivity index (χ0n) is 17.1. The third-order valence-corrected chi connectivity index (χ3v) is 7.17. The first-order valence-electron chi connectivity index (χ1n) is 11.3. The van der Waals surface area contributed by atoms with E-state index in [-0.39, 0.29) is 0 Å². The number of hydrogen-bond donors (Lipinski definition) is 1. The van der Waals surface area contributed by atoms with Crippen molar-refractivity contribution in [1.29, 1.82) is 0 Å². The summed E-state index contributed by atoms with van der Waals surface area (Å²) in [6, 6.07) is 6.84. The van der Waals surface area contributed by atoms with E-state index in [1.165, 1.54) is 12.8 Å². The summed E-state index contributed by atoms with van der Waals surface area (Å²) in [7, 11) is 0. The third-order valence-electron chi connectivity index (χ3n) is 7.17. The van der Waals surface area contributed by atoms with Crippen LogP contribution in [0, 0.1) is 5.92 Å². The number of carbonyl (C=O) groups is 1. The van der Waals surface area contributed by atoms with Crippen molar-refractivity contribution in [3.05, 3.63) is 30.2 Å². The molecule has 2 aromatic rings. The summed E-state index contributed by atoms with van der Waals surface area (Å²) in [5.74, 6) is 2.56. The van der Waals surface area contributed by atoms with Crippen LogP contribution in [0.25, 0.3) is 5.65 Å². The predicted molar refractivity (Wildman–Crippen MR) is 111 cm³/mol. The number of fused-ring (bicyclic) bond motifs is 1. The van der Waals surface area contributed by atoms with Crippen molar-refractivity contribution in [3.8, 4) is 0 Å². The average molecular weight is 397 g/mol. The topological polar surface area (TPSA) is 79.8 Å². The van der Waals surface area contributed by atoms with E-state index in [4.69, 9.17) is 5.73 Å². The number of piperidine rings is 1. The molecule has 2 atom stereocenters. The summed E-state index contributed by atoms with van der Waals surface area (Å²) >= 11 is 0. The maximum atomic E-state index is 13.0. The van der Waals surface area contributed by atoms with Crippen molar-refractivity contribution in [3.63, 3.8) is 0 Å². The molecule has 2 aliphatic heterocycles. The van der Waals surface area contributed by atoms with Crippen molar-refractivity contribution in [2.45, 2.75) is 62.9 Å². The number of aromatic nitrogens is 3. The molecular formula is C22H32N6O. The Balaban J connectivity index is 1.18. The molecule has 1 aliphatic carbocycles. The number of nitrogens with zero attached hydrogens (tertiary/aromatic N) is 5. The summed E-state index contributed by atoms with van der Waals surface area (Å²) in [5, 5.41) is 8.71. The van der Waals surface area contributed by atoms with E-state index in [0.717, 1.165) is 69.3 Å². The van der Waals surface area contributed by atoms with Gasteiger partial charge in [-0.2, -0.15) is 0 Å². The zero-order valence-corrected chi connectivity index (χ0v) is 17.1. The minimum atomic E-state index is 0.318. The molecule has 2 N–H and O–H groups in total. The third kappa shape index (κ3) is 3.90. The summed E-state index contributed by atoms with van der Waals surface area (Å²) in [4.78, 5) is 17.7. The molecule has 7 heteroatoms. The maximum Gasteiger partial charge on any atom is 0.224 e. The summed E-state index contributed by atoms with van der Waals surface area (Å²) in [6.07, 6.45) is 9.56. The smallest absolute Gasteiger partial charge is 0.224 e. The highest BCUT2D eigenvalue weighted by Gasteiger charge is 2.38. The van der Waals surface area contributed by atoms with Gasteiger partial charge in [-0.25, -0.2) is 0 Å². The van der Waals surface area contributed by atoms with E-state index >= 15 is 0 Å². The van der Waals surface area contributed by atoms with Crippen molar-refractivity contribution in [1.82, 2.24) is 24.4 Å². The number of carbonyl (C=O) groups excluding carboxylic acids is 1. The number of nitrogens with two attached hydrogens (primary N) is 1. The Bertz CT molecular complexity index is 854. The Hall–Kier alpha value is -1.99. The van der Waals surface area contributed by atoms with Crippen LogP contribution in [0.1, 0.15) is 56.7 Å². The predicted octanol–water partition coefficient (Wildman–Crippen LogP) is 2.03. The van der Waals surface area contributed by atoms with Gasteiger partial charge in [0.1, 0.15) is 5.82 Å². The molecule has 2 aromatic heterocycles. The molecule has 156 valence electrons. The van der Waals surface area contributed by atoms with Crippen LogP contribution in [0.4, 0.5) is 0 Å². The van der Waals surface area contributed by atoms with Gasteiger partial charge in [0, 0.05) is 56.8 Å². The molecule has 1 saturated carbocycles. The molecule has 7 nitrogen and oxygen atoms in total. The Morgan fingerprint density at radius 2 is 1.83 bits per heavy atom.